The van der Waals surface area contributed by atoms with Crippen molar-refractivity contribution >= 4 is 22.7 Å². The lowest BCUT2D eigenvalue weighted by atomic mass is 10.1. The van der Waals surface area contributed by atoms with Crippen molar-refractivity contribution in [2.24, 2.45) is 5.92 Å². The lowest BCUT2D eigenvalue weighted by molar-refractivity contribution is -0.134. The van der Waals surface area contributed by atoms with E-state index in [1.165, 1.54) is 10.9 Å². The molecule has 0 saturated carbocycles. The molecule has 1 saturated heterocycles. The minimum Gasteiger partial charge on any atom is -0.356 e. The van der Waals surface area contributed by atoms with Gasteiger partial charge in [0.05, 0.1) is 12.5 Å². The molecule has 1 aromatic carbocycles. The van der Waals surface area contributed by atoms with Crippen LogP contribution in [0.15, 0.2) is 36.5 Å². The van der Waals surface area contributed by atoms with E-state index in [1.54, 1.807) is 0 Å². The van der Waals surface area contributed by atoms with Crippen LogP contribution in [-0.2, 0) is 16.1 Å². The number of piperazine rings is 1. The van der Waals surface area contributed by atoms with E-state index in [0.29, 0.717) is 19.0 Å². The van der Waals surface area contributed by atoms with Gasteiger partial charge in [0.25, 0.3) is 0 Å². The van der Waals surface area contributed by atoms with Crippen LogP contribution in [0.25, 0.3) is 10.9 Å². The molecule has 6 heteroatoms. The number of amides is 2. The number of carbonyl (C=O) groups excluding carboxylic acids is 2. The molecule has 27 heavy (non-hydrogen) atoms. The van der Waals surface area contributed by atoms with Crippen LogP contribution in [-0.4, -0.2) is 53.5 Å². The summed E-state index contributed by atoms with van der Waals surface area (Å²) in [5.41, 5.74) is 1.21. The minimum atomic E-state index is -0.352. The maximum atomic E-state index is 12.3. The van der Waals surface area contributed by atoms with E-state index >= 15 is 0 Å². The first-order valence-corrected chi connectivity index (χ1v) is 9.87. The van der Waals surface area contributed by atoms with Crippen LogP contribution in [0.2, 0.25) is 0 Å². The molecule has 146 valence electrons. The number of aryl methyl sites for hydroxylation is 1. The number of fused-ring (bicyclic) bond motifs is 1. The molecule has 1 fully saturated rings. The second-order valence-electron chi connectivity index (χ2n) is 7.67. The van der Waals surface area contributed by atoms with Crippen LogP contribution in [0.1, 0.15) is 26.7 Å². The van der Waals surface area contributed by atoms with E-state index in [1.807, 2.05) is 12.1 Å². The van der Waals surface area contributed by atoms with Crippen molar-refractivity contribution in [2.75, 3.05) is 26.2 Å². The molecule has 1 aliphatic heterocycles. The van der Waals surface area contributed by atoms with Crippen molar-refractivity contribution in [3.63, 3.8) is 0 Å². The monoisotopic (exact) mass is 370 g/mol. The Kier molecular flexibility index (Phi) is 6.50. The molecule has 6 nitrogen and oxygen atoms in total. The normalized spacial score (nSPS) is 18.0. The van der Waals surface area contributed by atoms with E-state index in [2.05, 4.69) is 58.3 Å². The summed E-state index contributed by atoms with van der Waals surface area (Å²) in [4.78, 5) is 26.7. The zero-order chi connectivity index (χ0) is 19.2. The third-order valence-electron chi connectivity index (χ3n) is 5.00. The lowest BCUT2D eigenvalue weighted by Crippen LogP contribution is -2.57. The number of benzene rings is 1. The SMILES string of the molecule is CC(C)CN1CCNC(=O)C1CC(=O)NCCCn1ccc2ccccc21. The van der Waals surface area contributed by atoms with Gasteiger partial charge in [-0.25, -0.2) is 0 Å². The molecule has 1 unspecified atom stereocenters. The molecule has 2 heterocycles. The third kappa shape index (κ3) is 5.10. The van der Waals surface area contributed by atoms with E-state index in [0.717, 1.165) is 26.1 Å². The Morgan fingerprint density at radius 3 is 2.93 bits per heavy atom. The molecule has 0 bridgehead atoms. The van der Waals surface area contributed by atoms with Gasteiger partial charge < -0.3 is 15.2 Å². The van der Waals surface area contributed by atoms with E-state index in [9.17, 15) is 9.59 Å². The quantitative estimate of drug-likeness (QED) is 0.699. The van der Waals surface area contributed by atoms with Crippen molar-refractivity contribution in [3.05, 3.63) is 36.5 Å². The highest BCUT2D eigenvalue weighted by Gasteiger charge is 2.31. The van der Waals surface area contributed by atoms with Crippen LogP contribution in [0.5, 0.6) is 0 Å². The standard InChI is InChI=1S/C21H30N4O2/c1-16(2)15-25-13-10-23-21(27)19(25)14-20(26)22-9-5-11-24-12-8-17-6-3-4-7-18(17)24/h3-4,6-8,12,16,19H,5,9-11,13-15H2,1-2H3,(H,22,26)(H,23,27). The number of aromatic nitrogens is 1. The first-order valence-electron chi connectivity index (χ1n) is 9.87. The van der Waals surface area contributed by atoms with Crippen LogP contribution < -0.4 is 10.6 Å². The van der Waals surface area contributed by atoms with Gasteiger partial charge in [0.2, 0.25) is 11.8 Å². The number of hydrogen-bond acceptors (Lipinski definition) is 3. The van der Waals surface area contributed by atoms with Gasteiger partial charge in [0.1, 0.15) is 0 Å². The van der Waals surface area contributed by atoms with Crippen molar-refractivity contribution < 1.29 is 9.59 Å². The molecule has 0 spiro atoms. The number of para-hydroxylation sites is 1. The summed E-state index contributed by atoms with van der Waals surface area (Å²) in [6.45, 7) is 8.05. The highest BCUT2D eigenvalue weighted by molar-refractivity contribution is 5.88. The number of nitrogens with one attached hydrogen (secondary N) is 2. The molecular weight excluding hydrogens is 340 g/mol. The number of nitrogens with zero attached hydrogens (tertiary/aromatic N) is 2. The van der Waals surface area contributed by atoms with Crippen LogP contribution in [0.3, 0.4) is 0 Å². The lowest BCUT2D eigenvalue weighted by Gasteiger charge is -2.35. The fraction of sp³-hybridized carbons (Fsp3) is 0.524. The summed E-state index contributed by atoms with van der Waals surface area (Å²) in [6.07, 6.45) is 3.17. The molecule has 1 atom stereocenters. The van der Waals surface area contributed by atoms with Gasteiger partial charge in [-0.2, -0.15) is 0 Å². The second-order valence-corrected chi connectivity index (χ2v) is 7.67. The molecule has 1 aliphatic rings. The summed E-state index contributed by atoms with van der Waals surface area (Å²) < 4.78 is 2.21. The highest BCUT2D eigenvalue weighted by atomic mass is 16.2. The Morgan fingerprint density at radius 1 is 1.30 bits per heavy atom. The number of rotatable bonds is 8. The molecule has 2 N–H and O–H groups in total. The van der Waals surface area contributed by atoms with Crippen molar-refractivity contribution in [1.82, 2.24) is 20.1 Å². The molecular formula is C21H30N4O2. The van der Waals surface area contributed by atoms with E-state index in [-0.39, 0.29) is 24.3 Å². The zero-order valence-electron chi connectivity index (χ0n) is 16.3. The Labute approximate surface area is 160 Å². The van der Waals surface area contributed by atoms with Crippen molar-refractivity contribution in [1.29, 1.82) is 0 Å². The average Bonchev–Trinajstić information content (AvgIpc) is 3.04. The van der Waals surface area contributed by atoms with E-state index in [4.69, 9.17) is 0 Å². The molecule has 0 aliphatic carbocycles. The summed E-state index contributed by atoms with van der Waals surface area (Å²) in [5.74, 6) is 0.386. The minimum absolute atomic E-state index is 0.0316. The predicted octanol–water partition coefficient (Wildman–Crippen LogP) is 1.99. The maximum absolute atomic E-state index is 12.3. The largest absolute Gasteiger partial charge is 0.356 e. The Morgan fingerprint density at radius 2 is 2.11 bits per heavy atom. The Hall–Kier alpha value is -2.34. The van der Waals surface area contributed by atoms with Crippen molar-refractivity contribution in [2.45, 2.75) is 39.3 Å². The molecule has 2 aromatic rings. The summed E-state index contributed by atoms with van der Waals surface area (Å²) >= 11 is 0. The molecule has 1 aromatic heterocycles. The Bertz CT molecular complexity index is 783. The fourth-order valence-corrected chi connectivity index (χ4v) is 3.73. The van der Waals surface area contributed by atoms with Gasteiger partial charge in [-0.05, 0) is 29.9 Å². The van der Waals surface area contributed by atoms with Crippen molar-refractivity contribution in [3.8, 4) is 0 Å². The summed E-state index contributed by atoms with van der Waals surface area (Å²) in [5, 5.41) is 7.09. The predicted molar refractivity (Wildman–Crippen MR) is 107 cm³/mol. The average molecular weight is 370 g/mol. The van der Waals surface area contributed by atoms with Crippen LogP contribution in [0.4, 0.5) is 0 Å². The van der Waals surface area contributed by atoms with Crippen LogP contribution >= 0.6 is 0 Å². The molecule has 2 amide bonds. The van der Waals surface area contributed by atoms with Gasteiger partial charge in [0, 0.05) is 44.4 Å². The smallest absolute Gasteiger partial charge is 0.237 e. The first kappa shape index (κ1) is 19.4. The first-order chi connectivity index (χ1) is 13.0. The van der Waals surface area contributed by atoms with Gasteiger partial charge in [-0.1, -0.05) is 32.0 Å². The Balaban J connectivity index is 1.45. The number of hydrogen-bond donors (Lipinski definition) is 2. The molecule has 0 radical (unpaired) electrons. The highest BCUT2D eigenvalue weighted by Crippen LogP contribution is 2.15. The van der Waals surface area contributed by atoms with Gasteiger partial charge >= 0.3 is 0 Å². The summed E-state index contributed by atoms with van der Waals surface area (Å²) in [7, 11) is 0. The second kappa shape index (κ2) is 9.04. The van der Waals surface area contributed by atoms with Crippen LogP contribution in [0, 0.1) is 5.92 Å². The fourth-order valence-electron chi connectivity index (χ4n) is 3.73. The molecule has 3 rings (SSSR count). The zero-order valence-corrected chi connectivity index (χ0v) is 16.3. The van der Waals surface area contributed by atoms with E-state index < -0.39 is 0 Å². The third-order valence-corrected chi connectivity index (χ3v) is 5.00. The van der Waals surface area contributed by atoms with Gasteiger partial charge in [-0.15, -0.1) is 0 Å². The topological polar surface area (TPSA) is 66.4 Å². The number of carbonyl (C=O) groups is 2. The maximum Gasteiger partial charge on any atom is 0.237 e. The summed E-state index contributed by atoms with van der Waals surface area (Å²) in [6, 6.07) is 10.0. The van der Waals surface area contributed by atoms with Gasteiger partial charge in [0.15, 0.2) is 0 Å². The van der Waals surface area contributed by atoms with Gasteiger partial charge in [-0.3, -0.25) is 14.5 Å².